The van der Waals surface area contributed by atoms with Crippen LogP contribution in [0.15, 0.2) is 72.9 Å². The Bertz CT molecular complexity index is 829. The van der Waals surface area contributed by atoms with Gasteiger partial charge in [-0.25, -0.2) is 0 Å². The van der Waals surface area contributed by atoms with E-state index in [0.29, 0.717) is 5.56 Å². The van der Waals surface area contributed by atoms with Gasteiger partial charge < -0.3 is 11.1 Å². The maximum atomic E-state index is 11.3. The SMILES string of the molecule is NC(=O)c1cccc(-c2ccc(CNCCc3ccccc3)nc2)c1. The molecule has 0 radical (unpaired) electrons. The standard InChI is InChI=1S/C21H21N3O/c22-21(25)18-8-4-7-17(13-18)19-9-10-20(24-14-19)15-23-12-11-16-5-2-1-3-6-16/h1-10,13-14,23H,11-12,15H2,(H2,22,25). The molecule has 0 aliphatic carbocycles. The average molecular weight is 331 g/mol. The number of rotatable bonds is 7. The first-order valence-corrected chi connectivity index (χ1v) is 8.32. The number of aromatic nitrogens is 1. The summed E-state index contributed by atoms with van der Waals surface area (Å²) >= 11 is 0. The van der Waals surface area contributed by atoms with Gasteiger partial charge in [-0.1, -0.05) is 48.5 Å². The number of hydrogen-bond acceptors (Lipinski definition) is 3. The molecule has 0 spiro atoms. The van der Waals surface area contributed by atoms with Gasteiger partial charge in [0.25, 0.3) is 0 Å². The minimum Gasteiger partial charge on any atom is -0.366 e. The summed E-state index contributed by atoms with van der Waals surface area (Å²) in [6.45, 7) is 1.64. The molecule has 2 aromatic carbocycles. The van der Waals surface area contributed by atoms with Gasteiger partial charge >= 0.3 is 0 Å². The fourth-order valence-electron chi connectivity index (χ4n) is 2.65. The van der Waals surface area contributed by atoms with Crippen molar-refractivity contribution in [2.45, 2.75) is 13.0 Å². The van der Waals surface area contributed by atoms with Crippen molar-refractivity contribution < 1.29 is 4.79 Å². The van der Waals surface area contributed by atoms with E-state index in [-0.39, 0.29) is 0 Å². The first kappa shape index (κ1) is 16.9. The van der Waals surface area contributed by atoms with E-state index in [1.165, 1.54) is 5.56 Å². The first-order chi connectivity index (χ1) is 12.2. The molecular weight excluding hydrogens is 310 g/mol. The highest BCUT2D eigenvalue weighted by Gasteiger charge is 2.04. The summed E-state index contributed by atoms with van der Waals surface area (Å²) in [5, 5.41) is 3.41. The number of nitrogens with one attached hydrogen (secondary N) is 1. The number of benzene rings is 2. The third-order valence-corrected chi connectivity index (χ3v) is 4.04. The average Bonchev–Trinajstić information content (AvgIpc) is 2.67. The number of carbonyl (C=O) groups is 1. The van der Waals surface area contributed by atoms with Crippen LogP contribution in [0.3, 0.4) is 0 Å². The number of hydrogen-bond donors (Lipinski definition) is 2. The summed E-state index contributed by atoms with van der Waals surface area (Å²) in [5.41, 5.74) is 10.1. The first-order valence-electron chi connectivity index (χ1n) is 8.32. The Morgan fingerprint density at radius 3 is 2.52 bits per heavy atom. The van der Waals surface area contributed by atoms with Crippen molar-refractivity contribution in [2.24, 2.45) is 5.73 Å². The Balaban J connectivity index is 1.55. The lowest BCUT2D eigenvalue weighted by Crippen LogP contribution is -2.17. The third kappa shape index (κ3) is 4.75. The highest BCUT2D eigenvalue weighted by atomic mass is 16.1. The van der Waals surface area contributed by atoms with E-state index in [0.717, 1.165) is 36.3 Å². The summed E-state index contributed by atoms with van der Waals surface area (Å²) in [5.74, 6) is -0.422. The van der Waals surface area contributed by atoms with E-state index in [4.69, 9.17) is 5.73 Å². The summed E-state index contributed by atoms with van der Waals surface area (Å²) in [6.07, 6.45) is 2.83. The van der Waals surface area contributed by atoms with E-state index in [1.54, 1.807) is 12.1 Å². The molecule has 0 unspecified atom stereocenters. The molecule has 0 fully saturated rings. The molecule has 1 amide bonds. The van der Waals surface area contributed by atoms with Crippen LogP contribution < -0.4 is 11.1 Å². The zero-order valence-corrected chi connectivity index (χ0v) is 14.0. The molecule has 0 atom stereocenters. The van der Waals surface area contributed by atoms with Gasteiger partial charge in [-0.15, -0.1) is 0 Å². The van der Waals surface area contributed by atoms with Gasteiger partial charge in [-0.2, -0.15) is 0 Å². The lowest BCUT2D eigenvalue weighted by Gasteiger charge is -2.07. The highest BCUT2D eigenvalue weighted by molar-refractivity contribution is 5.94. The quantitative estimate of drug-likeness (QED) is 0.653. The molecular formula is C21H21N3O. The van der Waals surface area contributed by atoms with Crippen LogP contribution in [0, 0.1) is 0 Å². The number of pyridine rings is 1. The number of primary amides is 1. The van der Waals surface area contributed by atoms with Gasteiger partial charge in [-0.3, -0.25) is 9.78 Å². The zero-order valence-electron chi connectivity index (χ0n) is 14.0. The second-order valence-electron chi connectivity index (χ2n) is 5.90. The lowest BCUT2D eigenvalue weighted by molar-refractivity contribution is 0.100. The number of nitrogens with two attached hydrogens (primary N) is 1. The highest BCUT2D eigenvalue weighted by Crippen LogP contribution is 2.19. The van der Waals surface area contributed by atoms with Crippen LogP contribution >= 0.6 is 0 Å². The number of carbonyl (C=O) groups excluding carboxylic acids is 1. The fourth-order valence-corrected chi connectivity index (χ4v) is 2.65. The Morgan fingerprint density at radius 1 is 0.960 bits per heavy atom. The lowest BCUT2D eigenvalue weighted by atomic mass is 10.0. The van der Waals surface area contributed by atoms with Crippen molar-refractivity contribution in [1.82, 2.24) is 10.3 Å². The van der Waals surface area contributed by atoms with Crippen LogP contribution in [0.1, 0.15) is 21.6 Å². The smallest absolute Gasteiger partial charge is 0.248 e. The molecule has 4 nitrogen and oxygen atoms in total. The molecule has 3 N–H and O–H groups in total. The Morgan fingerprint density at radius 2 is 1.80 bits per heavy atom. The van der Waals surface area contributed by atoms with E-state index < -0.39 is 5.91 Å². The van der Waals surface area contributed by atoms with Crippen LogP contribution in [-0.4, -0.2) is 17.4 Å². The summed E-state index contributed by atoms with van der Waals surface area (Å²) in [4.78, 5) is 15.8. The maximum Gasteiger partial charge on any atom is 0.248 e. The van der Waals surface area contributed by atoms with Gasteiger partial charge in [0.2, 0.25) is 5.91 Å². The van der Waals surface area contributed by atoms with Crippen LogP contribution in [0.4, 0.5) is 0 Å². The van der Waals surface area contributed by atoms with Gasteiger partial charge in [0.05, 0.1) is 5.69 Å². The monoisotopic (exact) mass is 331 g/mol. The number of amides is 1. The molecule has 126 valence electrons. The predicted octanol–water partition coefficient (Wildman–Crippen LogP) is 3.18. The second-order valence-corrected chi connectivity index (χ2v) is 5.90. The van der Waals surface area contributed by atoms with Crippen LogP contribution in [0.2, 0.25) is 0 Å². The summed E-state index contributed by atoms with van der Waals surface area (Å²) in [6, 6.07) is 21.7. The largest absolute Gasteiger partial charge is 0.366 e. The molecule has 0 saturated carbocycles. The molecule has 4 heteroatoms. The maximum absolute atomic E-state index is 11.3. The second kappa shape index (κ2) is 8.22. The van der Waals surface area contributed by atoms with Gasteiger partial charge in [0.15, 0.2) is 0 Å². The normalized spacial score (nSPS) is 10.6. The summed E-state index contributed by atoms with van der Waals surface area (Å²) < 4.78 is 0. The molecule has 0 saturated heterocycles. The number of nitrogens with zero attached hydrogens (tertiary/aromatic N) is 1. The fraction of sp³-hybridized carbons (Fsp3) is 0.143. The van der Waals surface area contributed by atoms with Crippen molar-refractivity contribution in [3.8, 4) is 11.1 Å². The Labute approximate surface area is 147 Å². The van der Waals surface area contributed by atoms with Crippen LogP contribution in [0.25, 0.3) is 11.1 Å². The Kier molecular flexibility index (Phi) is 5.54. The molecule has 25 heavy (non-hydrogen) atoms. The molecule has 1 aromatic heterocycles. The van der Waals surface area contributed by atoms with Crippen LogP contribution in [-0.2, 0) is 13.0 Å². The van der Waals surface area contributed by atoms with Crippen molar-refractivity contribution in [3.05, 3.63) is 89.7 Å². The van der Waals surface area contributed by atoms with E-state index in [2.05, 4.69) is 34.6 Å². The van der Waals surface area contributed by atoms with Crippen molar-refractivity contribution in [3.63, 3.8) is 0 Å². The zero-order chi connectivity index (χ0) is 17.5. The van der Waals surface area contributed by atoms with E-state index in [1.807, 2.05) is 36.5 Å². The van der Waals surface area contributed by atoms with Gasteiger partial charge in [-0.05, 0) is 42.3 Å². The Hall–Kier alpha value is -2.98. The molecule has 3 rings (SSSR count). The minimum atomic E-state index is -0.422. The van der Waals surface area contributed by atoms with Crippen molar-refractivity contribution in [1.29, 1.82) is 0 Å². The third-order valence-electron chi connectivity index (χ3n) is 4.04. The topological polar surface area (TPSA) is 68.0 Å². The van der Waals surface area contributed by atoms with E-state index in [9.17, 15) is 4.79 Å². The molecule has 0 bridgehead atoms. The van der Waals surface area contributed by atoms with Crippen molar-refractivity contribution in [2.75, 3.05) is 6.54 Å². The molecule has 3 aromatic rings. The molecule has 0 aliphatic heterocycles. The minimum absolute atomic E-state index is 0.422. The van der Waals surface area contributed by atoms with Gasteiger partial charge in [0.1, 0.15) is 0 Å². The molecule has 1 heterocycles. The summed E-state index contributed by atoms with van der Waals surface area (Å²) in [7, 11) is 0. The van der Waals surface area contributed by atoms with E-state index >= 15 is 0 Å². The molecule has 0 aliphatic rings. The van der Waals surface area contributed by atoms with Crippen molar-refractivity contribution >= 4 is 5.91 Å². The van der Waals surface area contributed by atoms with Gasteiger partial charge in [0, 0.05) is 23.9 Å². The van der Waals surface area contributed by atoms with Crippen LogP contribution in [0.5, 0.6) is 0 Å². The predicted molar refractivity (Wildman–Crippen MR) is 100 cm³/mol.